The summed E-state index contributed by atoms with van der Waals surface area (Å²) in [5, 5.41) is 4.43. The van der Waals surface area contributed by atoms with Gasteiger partial charge in [-0.2, -0.15) is 16.6 Å². The van der Waals surface area contributed by atoms with Gasteiger partial charge in [0.05, 0.1) is 0 Å². The van der Waals surface area contributed by atoms with E-state index in [9.17, 15) is 0 Å². The van der Waals surface area contributed by atoms with Gasteiger partial charge in [-0.05, 0) is 0 Å². The predicted octanol–water partition coefficient (Wildman–Crippen LogP) is -2.89. The molecule has 0 aliphatic heterocycles. The van der Waals surface area contributed by atoms with Crippen LogP contribution in [0.15, 0.2) is 36.4 Å². The molecular weight excluding hydrogens is 295 g/mol. The summed E-state index contributed by atoms with van der Waals surface area (Å²) in [4.78, 5) is 0. The largest absolute Gasteiger partial charge is 3.00 e. The van der Waals surface area contributed by atoms with E-state index in [2.05, 4.69) is 56.0 Å². The van der Waals surface area contributed by atoms with Crippen molar-refractivity contribution in [3.8, 4) is 0 Å². The van der Waals surface area contributed by atoms with E-state index in [1.807, 2.05) is 0 Å². The average molecular weight is 310 g/mol. The molecule has 0 heterocycles. The van der Waals surface area contributed by atoms with Crippen molar-refractivity contribution >= 4 is 24.0 Å². The van der Waals surface area contributed by atoms with Crippen molar-refractivity contribution in [1.29, 1.82) is 0 Å². The van der Waals surface area contributed by atoms with Crippen LogP contribution >= 0.6 is 0 Å². The second kappa shape index (κ2) is 6.79. The standard InChI is InChI=1S/C12H15Si.2ClH.Cr/c1-13(2,3)12-9-8-10-6-4-5-7-11(10)12;;;/h4-9H,1-3H3;2*1H;/q-1;;;+3/p-2. The van der Waals surface area contributed by atoms with E-state index < -0.39 is 8.07 Å². The minimum Gasteiger partial charge on any atom is -1.00 e. The molecule has 0 saturated heterocycles. The van der Waals surface area contributed by atoms with Crippen molar-refractivity contribution < 1.29 is 42.2 Å². The van der Waals surface area contributed by atoms with Gasteiger partial charge in [-0.3, -0.25) is 0 Å². The van der Waals surface area contributed by atoms with Gasteiger partial charge < -0.3 is 24.8 Å². The SMILES string of the molecule is C[Si](C)(C)c1c[cH-]c2ccccc12.[Cl-].[Cl-].[Cr+3]. The summed E-state index contributed by atoms with van der Waals surface area (Å²) in [5.41, 5.74) is 0. The predicted molar refractivity (Wildman–Crippen MR) is 62.5 cm³/mol. The van der Waals surface area contributed by atoms with E-state index in [1.54, 1.807) is 5.19 Å². The molecule has 0 aromatic heterocycles. The zero-order chi connectivity index (χ0) is 9.47. The Kier molecular flexibility index (Phi) is 7.86. The van der Waals surface area contributed by atoms with Crippen LogP contribution in [0.4, 0.5) is 0 Å². The molecule has 0 atom stereocenters. The Labute approximate surface area is 122 Å². The van der Waals surface area contributed by atoms with E-state index in [0.717, 1.165) is 0 Å². The number of rotatable bonds is 1. The quantitative estimate of drug-likeness (QED) is 0.392. The molecule has 0 bridgehead atoms. The Bertz CT molecular complexity index is 432. The number of fused-ring (bicyclic) bond motifs is 1. The van der Waals surface area contributed by atoms with Gasteiger partial charge in [0.15, 0.2) is 0 Å². The van der Waals surface area contributed by atoms with Crippen molar-refractivity contribution in [1.82, 2.24) is 0 Å². The maximum Gasteiger partial charge on any atom is 3.00 e. The van der Waals surface area contributed by atoms with E-state index in [0.29, 0.717) is 0 Å². The van der Waals surface area contributed by atoms with Crippen LogP contribution in [0.1, 0.15) is 0 Å². The number of halogens is 2. The van der Waals surface area contributed by atoms with Crippen LogP contribution in [0.3, 0.4) is 0 Å². The van der Waals surface area contributed by atoms with Crippen LogP contribution in [0.5, 0.6) is 0 Å². The number of hydrogen-bond donors (Lipinski definition) is 0. The Morgan fingerprint density at radius 2 is 1.56 bits per heavy atom. The molecule has 2 aromatic rings. The summed E-state index contributed by atoms with van der Waals surface area (Å²) >= 11 is 0. The average Bonchev–Trinajstić information content (AvgIpc) is 2.45. The fourth-order valence-corrected chi connectivity index (χ4v) is 3.42. The van der Waals surface area contributed by atoms with Gasteiger partial charge in [0, 0.05) is 8.07 Å². The van der Waals surface area contributed by atoms with Crippen molar-refractivity contribution in [3.63, 3.8) is 0 Å². The fraction of sp³-hybridized carbons (Fsp3) is 0.250. The van der Waals surface area contributed by atoms with E-state index in [1.165, 1.54) is 10.8 Å². The summed E-state index contributed by atoms with van der Waals surface area (Å²) in [6.07, 6.45) is 0. The van der Waals surface area contributed by atoms with Gasteiger partial charge in [0.1, 0.15) is 0 Å². The molecule has 0 N–H and O–H groups in total. The Morgan fingerprint density at radius 1 is 1.00 bits per heavy atom. The first kappa shape index (κ1) is 18.5. The maximum atomic E-state index is 2.40. The van der Waals surface area contributed by atoms with Crippen LogP contribution in [-0.4, -0.2) is 8.07 Å². The first-order valence-corrected chi connectivity index (χ1v) is 8.24. The van der Waals surface area contributed by atoms with Crippen LogP contribution in [0, 0.1) is 0 Å². The molecule has 2 rings (SSSR count). The third-order valence-corrected chi connectivity index (χ3v) is 4.54. The number of hydrogen-bond acceptors (Lipinski definition) is 0. The third kappa shape index (κ3) is 3.58. The molecule has 0 nitrogen and oxygen atoms in total. The van der Waals surface area contributed by atoms with Crippen LogP contribution < -0.4 is 30.0 Å². The van der Waals surface area contributed by atoms with E-state index in [-0.39, 0.29) is 42.2 Å². The van der Waals surface area contributed by atoms with Gasteiger partial charge in [0.25, 0.3) is 0 Å². The molecule has 0 aliphatic carbocycles. The van der Waals surface area contributed by atoms with Crippen LogP contribution in [0.25, 0.3) is 10.8 Å². The maximum absolute atomic E-state index is 2.40. The van der Waals surface area contributed by atoms with Crippen molar-refractivity contribution in [3.05, 3.63) is 36.4 Å². The second-order valence-electron chi connectivity index (χ2n) is 4.58. The molecule has 0 unspecified atom stereocenters. The topological polar surface area (TPSA) is 0 Å². The van der Waals surface area contributed by atoms with Gasteiger partial charge in [-0.1, -0.05) is 25.7 Å². The summed E-state index contributed by atoms with van der Waals surface area (Å²) < 4.78 is 0. The van der Waals surface area contributed by atoms with Gasteiger partial charge in [0.2, 0.25) is 0 Å². The monoisotopic (exact) mass is 309 g/mol. The molecule has 0 saturated carbocycles. The smallest absolute Gasteiger partial charge is 1.00 e. The summed E-state index contributed by atoms with van der Waals surface area (Å²) in [6.45, 7) is 7.19. The molecule has 0 aliphatic rings. The molecule has 1 radical (unpaired) electrons. The third-order valence-electron chi connectivity index (χ3n) is 2.49. The Morgan fingerprint density at radius 3 is 2.12 bits per heavy atom. The Balaban J connectivity index is 0. The molecule has 0 amide bonds. The molecule has 16 heavy (non-hydrogen) atoms. The van der Waals surface area contributed by atoms with Gasteiger partial charge >= 0.3 is 17.4 Å². The molecule has 0 spiro atoms. The second-order valence-corrected chi connectivity index (χ2v) is 9.62. The minimum absolute atomic E-state index is 0. The Hall–Kier alpha value is 0.159. The molecule has 4 heteroatoms. The van der Waals surface area contributed by atoms with Gasteiger partial charge in [-0.15, -0.1) is 29.7 Å². The zero-order valence-electron chi connectivity index (χ0n) is 9.63. The van der Waals surface area contributed by atoms with Crippen molar-refractivity contribution in [2.75, 3.05) is 0 Å². The normalized spacial score (nSPS) is 9.94. The zero-order valence-corrected chi connectivity index (χ0v) is 13.4. The van der Waals surface area contributed by atoms with E-state index in [4.69, 9.17) is 0 Å². The summed E-state index contributed by atoms with van der Waals surface area (Å²) in [5.74, 6) is 0. The molecular formula is C12H15Cl2CrSi. The first-order chi connectivity index (χ1) is 6.09. The fourth-order valence-electron chi connectivity index (χ4n) is 1.80. The van der Waals surface area contributed by atoms with Crippen molar-refractivity contribution in [2.24, 2.45) is 0 Å². The van der Waals surface area contributed by atoms with Crippen molar-refractivity contribution in [2.45, 2.75) is 19.6 Å². The molecule has 2 aromatic carbocycles. The summed E-state index contributed by atoms with van der Waals surface area (Å²) in [6, 6.07) is 13.2. The molecule has 87 valence electrons. The van der Waals surface area contributed by atoms with E-state index >= 15 is 0 Å². The number of benzene rings is 1. The van der Waals surface area contributed by atoms with Crippen LogP contribution in [0.2, 0.25) is 19.6 Å². The minimum atomic E-state index is -1.15. The summed E-state index contributed by atoms with van der Waals surface area (Å²) in [7, 11) is -1.15. The van der Waals surface area contributed by atoms with Gasteiger partial charge in [-0.25, -0.2) is 0 Å². The molecule has 0 fully saturated rings. The first-order valence-electron chi connectivity index (χ1n) is 4.74. The van der Waals surface area contributed by atoms with Crippen LogP contribution in [-0.2, 0) is 17.4 Å².